The summed E-state index contributed by atoms with van der Waals surface area (Å²) in [6.07, 6.45) is 5.43. The molecule has 0 fully saturated rings. The number of rotatable bonds is 12. The van der Waals surface area contributed by atoms with E-state index >= 15 is 0 Å². The van der Waals surface area contributed by atoms with Gasteiger partial charge in [0.05, 0.1) is 6.07 Å². The van der Waals surface area contributed by atoms with Gasteiger partial charge in [0, 0.05) is 19.1 Å². The lowest BCUT2D eigenvalue weighted by Crippen LogP contribution is -2.32. The van der Waals surface area contributed by atoms with E-state index in [9.17, 15) is 10.1 Å². The molecule has 0 bridgehead atoms. The second-order valence-electron chi connectivity index (χ2n) is 4.58. The summed E-state index contributed by atoms with van der Waals surface area (Å²) in [7, 11) is 0. The van der Waals surface area contributed by atoms with Gasteiger partial charge in [-0.15, -0.1) is 0 Å². The van der Waals surface area contributed by atoms with E-state index in [1.807, 2.05) is 13.8 Å². The third-order valence-corrected chi connectivity index (χ3v) is 3.13. The standard InChI is InChI=1S/C15H27NO3/c1-4-7-8-9-10-13(12-17)14(11-16)15(18-5-2)19-6-3/h12-15H,4-10H2,1-3H3/t13-,14+/m0/s1. The van der Waals surface area contributed by atoms with Crippen molar-refractivity contribution in [3.8, 4) is 6.07 Å². The zero-order valence-electron chi connectivity index (χ0n) is 12.4. The smallest absolute Gasteiger partial charge is 0.173 e. The summed E-state index contributed by atoms with van der Waals surface area (Å²) in [5, 5.41) is 9.29. The van der Waals surface area contributed by atoms with Gasteiger partial charge in [0.25, 0.3) is 0 Å². The van der Waals surface area contributed by atoms with E-state index in [4.69, 9.17) is 9.47 Å². The summed E-state index contributed by atoms with van der Waals surface area (Å²) in [4.78, 5) is 11.2. The van der Waals surface area contributed by atoms with Crippen molar-refractivity contribution in [2.75, 3.05) is 13.2 Å². The Kier molecular flexibility index (Phi) is 11.5. The van der Waals surface area contributed by atoms with Crippen molar-refractivity contribution in [1.29, 1.82) is 5.26 Å². The molecule has 0 aliphatic carbocycles. The molecule has 4 heteroatoms. The molecule has 0 saturated heterocycles. The van der Waals surface area contributed by atoms with Crippen molar-refractivity contribution >= 4 is 6.29 Å². The molecule has 19 heavy (non-hydrogen) atoms. The van der Waals surface area contributed by atoms with Crippen molar-refractivity contribution in [2.24, 2.45) is 11.8 Å². The third-order valence-electron chi connectivity index (χ3n) is 3.13. The van der Waals surface area contributed by atoms with Gasteiger partial charge in [-0.2, -0.15) is 5.26 Å². The van der Waals surface area contributed by atoms with Gasteiger partial charge in [-0.25, -0.2) is 0 Å². The maximum Gasteiger partial charge on any atom is 0.173 e. The molecule has 110 valence electrons. The van der Waals surface area contributed by atoms with Crippen LogP contribution in [0.25, 0.3) is 0 Å². The van der Waals surface area contributed by atoms with E-state index in [-0.39, 0.29) is 5.92 Å². The van der Waals surface area contributed by atoms with Crippen LogP contribution in [0.3, 0.4) is 0 Å². The first kappa shape index (κ1) is 18.1. The van der Waals surface area contributed by atoms with Crippen LogP contribution in [-0.2, 0) is 14.3 Å². The Hall–Kier alpha value is -0.920. The van der Waals surface area contributed by atoms with Crippen molar-refractivity contribution in [2.45, 2.75) is 59.2 Å². The van der Waals surface area contributed by atoms with Crippen LogP contribution in [0, 0.1) is 23.2 Å². The molecular weight excluding hydrogens is 242 g/mol. The summed E-state index contributed by atoms with van der Waals surface area (Å²) in [5.41, 5.74) is 0. The second kappa shape index (κ2) is 12.1. The lowest BCUT2D eigenvalue weighted by atomic mass is 9.89. The molecule has 0 aliphatic rings. The fraction of sp³-hybridized carbons (Fsp3) is 0.867. The molecule has 0 spiro atoms. The SMILES string of the molecule is CCCCCC[C@@H](C=O)[C@@H](C#N)C(OCC)OCC. The van der Waals surface area contributed by atoms with Crippen LogP contribution in [0.4, 0.5) is 0 Å². The number of nitriles is 1. The van der Waals surface area contributed by atoms with Gasteiger partial charge in [-0.1, -0.05) is 32.6 Å². The minimum atomic E-state index is -0.596. The van der Waals surface area contributed by atoms with Crippen LogP contribution in [0.1, 0.15) is 52.9 Å². The normalized spacial score (nSPS) is 14.1. The molecule has 4 nitrogen and oxygen atoms in total. The quantitative estimate of drug-likeness (QED) is 0.310. The Labute approximate surface area is 117 Å². The first-order valence-corrected chi connectivity index (χ1v) is 7.33. The van der Waals surface area contributed by atoms with E-state index < -0.39 is 12.2 Å². The highest BCUT2D eigenvalue weighted by Crippen LogP contribution is 2.23. The molecule has 0 aliphatic heterocycles. The van der Waals surface area contributed by atoms with Gasteiger partial charge >= 0.3 is 0 Å². The Morgan fingerprint density at radius 2 is 1.74 bits per heavy atom. The average Bonchev–Trinajstić information content (AvgIpc) is 2.42. The summed E-state index contributed by atoms with van der Waals surface area (Å²) >= 11 is 0. The maximum atomic E-state index is 11.2. The fourth-order valence-corrected chi connectivity index (χ4v) is 2.08. The molecule has 0 amide bonds. The van der Waals surface area contributed by atoms with Crippen LogP contribution >= 0.6 is 0 Å². The van der Waals surface area contributed by atoms with Crippen molar-refractivity contribution in [3.05, 3.63) is 0 Å². The fourth-order valence-electron chi connectivity index (χ4n) is 2.08. The van der Waals surface area contributed by atoms with Crippen LogP contribution in [0.15, 0.2) is 0 Å². The number of ether oxygens (including phenoxy) is 2. The molecule has 0 unspecified atom stereocenters. The number of hydrogen-bond acceptors (Lipinski definition) is 4. The summed E-state index contributed by atoms with van der Waals surface area (Å²) < 4.78 is 10.9. The maximum absolute atomic E-state index is 11.2. The molecule has 0 rings (SSSR count). The average molecular weight is 269 g/mol. The molecule has 0 aromatic carbocycles. The zero-order valence-corrected chi connectivity index (χ0v) is 12.4. The van der Waals surface area contributed by atoms with Gasteiger partial charge in [0.2, 0.25) is 0 Å². The van der Waals surface area contributed by atoms with Gasteiger partial charge < -0.3 is 14.3 Å². The number of hydrogen-bond donors (Lipinski definition) is 0. The lowest BCUT2D eigenvalue weighted by Gasteiger charge is -2.25. The van der Waals surface area contributed by atoms with Crippen molar-refractivity contribution in [1.82, 2.24) is 0 Å². The second-order valence-corrected chi connectivity index (χ2v) is 4.58. The predicted molar refractivity (Wildman–Crippen MR) is 74.5 cm³/mol. The molecule has 0 heterocycles. The lowest BCUT2D eigenvalue weighted by molar-refractivity contribution is -0.166. The summed E-state index contributed by atoms with van der Waals surface area (Å²) in [5.74, 6) is -0.816. The van der Waals surface area contributed by atoms with E-state index in [1.54, 1.807) is 0 Å². The summed E-state index contributed by atoms with van der Waals surface area (Å²) in [6.45, 7) is 6.82. The topological polar surface area (TPSA) is 59.3 Å². The minimum absolute atomic E-state index is 0.301. The largest absolute Gasteiger partial charge is 0.352 e. The molecule has 2 atom stereocenters. The molecule has 0 radical (unpaired) electrons. The van der Waals surface area contributed by atoms with Crippen molar-refractivity contribution < 1.29 is 14.3 Å². The molecule has 0 saturated carbocycles. The highest BCUT2D eigenvalue weighted by Gasteiger charge is 2.30. The molecule has 0 aromatic rings. The van der Waals surface area contributed by atoms with Gasteiger partial charge in [0.15, 0.2) is 6.29 Å². The highest BCUT2D eigenvalue weighted by molar-refractivity contribution is 5.54. The third kappa shape index (κ3) is 7.29. The Morgan fingerprint density at radius 1 is 1.11 bits per heavy atom. The first-order valence-electron chi connectivity index (χ1n) is 7.33. The Bertz CT molecular complexity index is 257. The number of nitrogens with zero attached hydrogens (tertiary/aromatic N) is 1. The molecule has 0 aromatic heterocycles. The van der Waals surface area contributed by atoms with E-state index in [2.05, 4.69) is 13.0 Å². The Balaban J connectivity index is 4.47. The van der Waals surface area contributed by atoms with Crippen LogP contribution in [0.2, 0.25) is 0 Å². The van der Waals surface area contributed by atoms with E-state index in [1.165, 1.54) is 6.42 Å². The van der Waals surface area contributed by atoms with E-state index in [0.717, 1.165) is 32.0 Å². The highest BCUT2D eigenvalue weighted by atomic mass is 16.7. The van der Waals surface area contributed by atoms with Crippen LogP contribution in [0.5, 0.6) is 0 Å². The minimum Gasteiger partial charge on any atom is -0.352 e. The monoisotopic (exact) mass is 269 g/mol. The molecular formula is C15H27NO3. The number of unbranched alkanes of at least 4 members (excludes halogenated alkanes) is 3. The molecule has 0 N–H and O–H groups in total. The van der Waals surface area contributed by atoms with Crippen molar-refractivity contribution in [3.63, 3.8) is 0 Å². The van der Waals surface area contributed by atoms with Gasteiger partial charge in [-0.05, 0) is 20.3 Å². The zero-order chi connectivity index (χ0) is 14.5. The van der Waals surface area contributed by atoms with Crippen LogP contribution in [-0.4, -0.2) is 25.8 Å². The number of aldehydes is 1. The Morgan fingerprint density at radius 3 is 2.16 bits per heavy atom. The van der Waals surface area contributed by atoms with Gasteiger partial charge in [-0.3, -0.25) is 0 Å². The van der Waals surface area contributed by atoms with E-state index in [0.29, 0.717) is 13.2 Å². The number of carbonyl (C=O) groups excluding carboxylic acids is 1. The first-order chi connectivity index (χ1) is 9.24. The van der Waals surface area contributed by atoms with Crippen LogP contribution < -0.4 is 0 Å². The number of carbonyl (C=O) groups is 1. The summed E-state index contributed by atoms with van der Waals surface area (Å²) in [6, 6.07) is 2.18. The van der Waals surface area contributed by atoms with Gasteiger partial charge in [0.1, 0.15) is 12.2 Å². The predicted octanol–water partition coefficient (Wildman–Crippen LogP) is 3.31.